The van der Waals surface area contributed by atoms with Crippen molar-refractivity contribution < 1.29 is 5.11 Å². The number of aromatic hydroxyl groups is 1. The SMILES string of the molecule is CC1=NC=NC2C1C(c1cccc(O)c1)=NN2Cc1cc2cccc(C)c2c(=O)n1C(C)C. The highest BCUT2D eigenvalue weighted by Crippen LogP contribution is 2.32. The van der Waals surface area contributed by atoms with Gasteiger partial charge in [-0.2, -0.15) is 5.10 Å². The summed E-state index contributed by atoms with van der Waals surface area (Å²) >= 11 is 0. The second-order valence-electron chi connectivity index (χ2n) is 9.00. The van der Waals surface area contributed by atoms with E-state index in [1.54, 1.807) is 18.5 Å². The third-order valence-electron chi connectivity index (χ3n) is 6.42. The Balaban J connectivity index is 1.63. The number of aryl methyl sites for hydroxylation is 1. The smallest absolute Gasteiger partial charge is 0.259 e. The summed E-state index contributed by atoms with van der Waals surface area (Å²) in [7, 11) is 0. The number of phenolic OH excluding ortho intramolecular Hbond substituents is 1. The molecule has 2 unspecified atom stereocenters. The highest BCUT2D eigenvalue weighted by atomic mass is 16.3. The van der Waals surface area contributed by atoms with Gasteiger partial charge in [0.2, 0.25) is 0 Å². The van der Waals surface area contributed by atoms with Gasteiger partial charge in [-0.15, -0.1) is 0 Å². The number of hydrogen-bond donors (Lipinski definition) is 1. The lowest BCUT2D eigenvalue weighted by molar-refractivity contribution is 0.207. The van der Waals surface area contributed by atoms with Crippen LogP contribution in [-0.4, -0.2) is 38.6 Å². The van der Waals surface area contributed by atoms with Crippen LogP contribution in [-0.2, 0) is 6.54 Å². The van der Waals surface area contributed by atoms with E-state index in [-0.39, 0.29) is 29.4 Å². The topological polar surface area (TPSA) is 82.6 Å². The van der Waals surface area contributed by atoms with Crippen LogP contribution < -0.4 is 5.56 Å². The molecule has 0 fully saturated rings. The van der Waals surface area contributed by atoms with Crippen LogP contribution in [0.5, 0.6) is 5.75 Å². The van der Waals surface area contributed by atoms with Gasteiger partial charge < -0.3 is 9.67 Å². The summed E-state index contributed by atoms with van der Waals surface area (Å²) in [6, 6.07) is 15.2. The number of fused-ring (bicyclic) bond motifs is 2. The first-order chi connectivity index (χ1) is 15.8. The zero-order valence-electron chi connectivity index (χ0n) is 19.2. The predicted molar refractivity (Wildman–Crippen MR) is 132 cm³/mol. The van der Waals surface area contributed by atoms with Gasteiger partial charge in [0.1, 0.15) is 12.1 Å². The van der Waals surface area contributed by atoms with E-state index < -0.39 is 0 Å². The second-order valence-corrected chi connectivity index (χ2v) is 9.00. The molecule has 0 bridgehead atoms. The summed E-state index contributed by atoms with van der Waals surface area (Å²) in [6.07, 6.45) is 1.34. The van der Waals surface area contributed by atoms with Gasteiger partial charge in [-0.3, -0.25) is 9.80 Å². The number of hydrogen-bond acceptors (Lipinski definition) is 6. The fraction of sp³-hybridized carbons (Fsp3) is 0.308. The Labute approximate surface area is 192 Å². The van der Waals surface area contributed by atoms with Crippen LogP contribution in [0.4, 0.5) is 0 Å². The van der Waals surface area contributed by atoms with Crippen molar-refractivity contribution in [1.29, 1.82) is 0 Å². The van der Waals surface area contributed by atoms with E-state index in [1.807, 2.05) is 67.6 Å². The monoisotopic (exact) mass is 441 g/mol. The average Bonchev–Trinajstić information content (AvgIpc) is 3.13. The maximum absolute atomic E-state index is 13.5. The number of hydrazone groups is 1. The van der Waals surface area contributed by atoms with Crippen molar-refractivity contribution in [2.24, 2.45) is 21.0 Å². The Kier molecular flexibility index (Phi) is 5.12. The molecule has 3 heterocycles. The molecule has 2 aliphatic rings. The van der Waals surface area contributed by atoms with Gasteiger partial charge in [-0.05, 0) is 56.8 Å². The van der Waals surface area contributed by atoms with Gasteiger partial charge in [0.25, 0.3) is 5.56 Å². The van der Waals surface area contributed by atoms with E-state index in [2.05, 4.69) is 16.1 Å². The number of rotatable bonds is 4. The molecule has 1 N–H and O–H groups in total. The molecule has 3 aromatic rings. The van der Waals surface area contributed by atoms with Crippen LogP contribution in [0, 0.1) is 12.8 Å². The molecule has 0 spiro atoms. The highest BCUT2D eigenvalue weighted by Gasteiger charge is 2.41. The van der Waals surface area contributed by atoms with E-state index in [9.17, 15) is 9.90 Å². The summed E-state index contributed by atoms with van der Waals surface area (Å²) in [4.78, 5) is 22.5. The highest BCUT2D eigenvalue weighted by molar-refractivity contribution is 6.17. The average molecular weight is 442 g/mol. The molecule has 0 aliphatic carbocycles. The van der Waals surface area contributed by atoms with Crippen molar-refractivity contribution in [2.75, 3.05) is 0 Å². The number of phenols is 1. The number of nitrogens with zero attached hydrogens (tertiary/aromatic N) is 5. The third kappa shape index (κ3) is 3.53. The molecular weight excluding hydrogens is 414 g/mol. The van der Waals surface area contributed by atoms with Crippen LogP contribution in [0.1, 0.15) is 43.6 Å². The molecule has 1 aromatic heterocycles. The molecule has 0 saturated carbocycles. The first-order valence-electron chi connectivity index (χ1n) is 11.2. The molecule has 7 nitrogen and oxygen atoms in total. The van der Waals surface area contributed by atoms with E-state index in [0.29, 0.717) is 6.54 Å². The molecule has 2 atom stereocenters. The zero-order valence-corrected chi connectivity index (χ0v) is 19.2. The Hall–Kier alpha value is -3.74. The molecule has 2 aliphatic heterocycles. The first-order valence-corrected chi connectivity index (χ1v) is 11.2. The first kappa shape index (κ1) is 21.1. The summed E-state index contributed by atoms with van der Waals surface area (Å²) in [5, 5.41) is 18.6. The maximum atomic E-state index is 13.5. The number of aromatic nitrogens is 1. The normalized spacial score (nSPS) is 19.7. The summed E-state index contributed by atoms with van der Waals surface area (Å²) in [6.45, 7) is 8.44. The Morgan fingerprint density at radius 2 is 1.88 bits per heavy atom. The minimum absolute atomic E-state index is 0.00239. The van der Waals surface area contributed by atoms with E-state index in [0.717, 1.165) is 39.0 Å². The lowest BCUT2D eigenvalue weighted by atomic mass is 9.90. The predicted octanol–water partition coefficient (Wildman–Crippen LogP) is 4.26. The van der Waals surface area contributed by atoms with Crippen molar-refractivity contribution in [1.82, 2.24) is 9.58 Å². The Morgan fingerprint density at radius 3 is 2.64 bits per heavy atom. The van der Waals surface area contributed by atoms with Crippen LogP contribution >= 0.6 is 0 Å². The van der Waals surface area contributed by atoms with Gasteiger partial charge in [-0.25, -0.2) is 9.98 Å². The largest absolute Gasteiger partial charge is 0.508 e. The molecule has 0 amide bonds. The quantitative estimate of drug-likeness (QED) is 0.657. The zero-order chi connectivity index (χ0) is 23.3. The van der Waals surface area contributed by atoms with Gasteiger partial charge in [0, 0.05) is 23.0 Å². The van der Waals surface area contributed by atoms with Crippen LogP contribution in [0.2, 0.25) is 0 Å². The number of pyridine rings is 1. The Morgan fingerprint density at radius 1 is 1.09 bits per heavy atom. The fourth-order valence-corrected chi connectivity index (χ4v) is 4.91. The maximum Gasteiger partial charge on any atom is 0.259 e. The fourth-order valence-electron chi connectivity index (χ4n) is 4.91. The third-order valence-corrected chi connectivity index (χ3v) is 6.42. The summed E-state index contributed by atoms with van der Waals surface area (Å²) in [5.41, 5.74) is 4.48. The standard InChI is InChI=1S/C26H27N5O2/c1-15(2)31-20(11-18-8-5-7-16(3)22(18)26(31)33)13-30-25-23(17(4)27-14-28-25)24(29-30)19-9-6-10-21(32)12-19/h5-12,14-15,23,25,32H,13H2,1-4H3. The lowest BCUT2D eigenvalue weighted by Gasteiger charge is -2.28. The van der Waals surface area contributed by atoms with E-state index >= 15 is 0 Å². The lowest BCUT2D eigenvalue weighted by Crippen LogP contribution is -2.38. The Bertz CT molecular complexity index is 1400. The van der Waals surface area contributed by atoms with Gasteiger partial charge in [0.05, 0.1) is 23.6 Å². The van der Waals surface area contributed by atoms with Crippen molar-refractivity contribution >= 4 is 28.5 Å². The van der Waals surface area contributed by atoms with E-state index in [4.69, 9.17) is 5.10 Å². The summed E-state index contributed by atoms with van der Waals surface area (Å²) < 4.78 is 1.86. The molecule has 33 heavy (non-hydrogen) atoms. The van der Waals surface area contributed by atoms with Crippen molar-refractivity contribution in [3.63, 3.8) is 0 Å². The molecule has 7 heteroatoms. The van der Waals surface area contributed by atoms with Crippen molar-refractivity contribution in [3.05, 3.63) is 75.7 Å². The van der Waals surface area contributed by atoms with E-state index in [1.165, 1.54) is 0 Å². The van der Waals surface area contributed by atoms with Gasteiger partial charge in [-0.1, -0.05) is 30.3 Å². The molecule has 0 saturated heterocycles. The summed E-state index contributed by atoms with van der Waals surface area (Å²) in [5.74, 6) is 0.0800. The van der Waals surface area contributed by atoms with Gasteiger partial charge in [0.15, 0.2) is 6.17 Å². The molecule has 168 valence electrons. The molecule has 5 rings (SSSR count). The minimum atomic E-state index is -0.247. The molecule has 2 aromatic carbocycles. The van der Waals surface area contributed by atoms with Crippen molar-refractivity contribution in [3.8, 4) is 5.75 Å². The second kappa shape index (κ2) is 7.99. The van der Waals surface area contributed by atoms with Crippen LogP contribution in [0.25, 0.3) is 10.8 Å². The number of benzene rings is 2. The molecular formula is C26H27N5O2. The van der Waals surface area contributed by atoms with Crippen LogP contribution in [0.3, 0.4) is 0 Å². The molecule has 0 radical (unpaired) electrons. The van der Waals surface area contributed by atoms with Gasteiger partial charge >= 0.3 is 0 Å². The minimum Gasteiger partial charge on any atom is -0.508 e. The number of aliphatic imine (C=N–C) groups is 2. The van der Waals surface area contributed by atoms with Crippen LogP contribution in [0.15, 0.2) is 68.4 Å². The van der Waals surface area contributed by atoms with Crippen molar-refractivity contribution in [2.45, 2.75) is 46.4 Å².